The Bertz CT molecular complexity index is 1340. The van der Waals surface area contributed by atoms with Crippen LogP contribution in [-0.4, -0.2) is 78.5 Å². The first-order valence-electron chi connectivity index (χ1n) is 12.4. The lowest BCUT2D eigenvalue weighted by atomic mass is 9.56. The molecule has 13 heteroatoms. The topological polar surface area (TPSA) is 142 Å². The highest BCUT2D eigenvalue weighted by Crippen LogP contribution is 2.66. The van der Waals surface area contributed by atoms with Gasteiger partial charge in [0.15, 0.2) is 9.75 Å². The minimum Gasteiger partial charge on any atom is -0.508 e. The molecule has 0 aromatic heterocycles. The van der Waals surface area contributed by atoms with E-state index in [0.29, 0.717) is 11.1 Å². The Morgan fingerprint density at radius 2 is 1.85 bits per heavy atom. The van der Waals surface area contributed by atoms with Crippen molar-refractivity contribution < 1.29 is 38.9 Å². The number of phenolic OH excluding ortho intramolecular Hbond substituents is 1. The van der Waals surface area contributed by atoms with Crippen LogP contribution in [-0.2, 0) is 24.0 Å². The SMILES string of the molecule is COc1cc(O)ccc1[C@H]1C2=CC[C@@H]3C(=O)N(CCCC(=O)O)C(=O)[C@@H]3[C@@H]2C[C@@]2(Cl)C(=O)N(CBr)C(=O)[C@@]12Cl. The predicted molar refractivity (Wildman–Crippen MR) is 142 cm³/mol. The molecule has 2 aliphatic carbocycles. The number of phenols is 1. The van der Waals surface area contributed by atoms with Crippen LogP contribution in [0.25, 0.3) is 0 Å². The van der Waals surface area contributed by atoms with Crippen molar-refractivity contribution in [1.82, 2.24) is 9.80 Å². The van der Waals surface area contributed by atoms with Gasteiger partial charge in [0, 0.05) is 30.5 Å². The second-order valence-corrected chi connectivity index (χ2v) is 12.0. The molecule has 4 aliphatic rings. The van der Waals surface area contributed by atoms with Gasteiger partial charge >= 0.3 is 5.97 Å². The van der Waals surface area contributed by atoms with E-state index in [1.54, 1.807) is 12.1 Å². The molecule has 5 rings (SSSR count). The van der Waals surface area contributed by atoms with Crippen LogP contribution < -0.4 is 4.74 Å². The highest BCUT2D eigenvalue weighted by molar-refractivity contribution is 9.09. The van der Waals surface area contributed by atoms with E-state index in [1.807, 2.05) is 0 Å². The van der Waals surface area contributed by atoms with Crippen LogP contribution in [0.4, 0.5) is 0 Å². The normalized spacial score (nSPS) is 33.6. The first kappa shape index (κ1) is 27.9. The summed E-state index contributed by atoms with van der Waals surface area (Å²) in [6, 6.07) is 4.31. The molecule has 4 amide bonds. The standard InChI is InChI=1S/C26H25BrCl2N2O8/c1-39-17-9-12(32)4-5-14(17)20-13-6-7-15-19(22(36)30(21(15)35)8-2-3-18(33)34)16(13)10-25(28)23(37)31(11-27)24(38)26(20,25)29/h4-6,9,15-16,19-20,32H,2-3,7-8,10-11H2,1H3,(H,33,34)/t15-,16+,19-,20+,25+,26-/m0/s1. The number of rotatable bonds is 7. The molecule has 0 bridgehead atoms. The quantitative estimate of drug-likeness (QED) is 0.200. The van der Waals surface area contributed by atoms with Gasteiger partial charge in [0.25, 0.3) is 11.8 Å². The number of alkyl halides is 3. The Hall–Kier alpha value is -2.63. The van der Waals surface area contributed by atoms with Crippen LogP contribution in [0.3, 0.4) is 0 Å². The maximum absolute atomic E-state index is 13.8. The van der Waals surface area contributed by atoms with E-state index in [-0.39, 0.29) is 49.2 Å². The third kappa shape index (κ3) is 3.83. The number of allylic oxidation sites excluding steroid dienone is 2. The molecule has 10 nitrogen and oxygen atoms in total. The van der Waals surface area contributed by atoms with Crippen LogP contribution in [0.2, 0.25) is 0 Å². The molecule has 1 aromatic carbocycles. The van der Waals surface area contributed by atoms with Crippen LogP contribution in [0.1, 0.15) is 37.2 Å². The summed E-state index contributed by atoms with van der Waals surface area (Å²) in [7, 11) is 1.39. The van der Waals surface area contributed by atoms with E-state index in [9.17, 15) is 29.1 Å². The number of carbonyl (C=O) groups excluding carboxylic acids is 4. The lowest BCUT2D eigenvalue weighted by Crippen LogP contribution is -2.60. The number of ether oxygens (including phenoxy) is 1. The zero-order valence-corrected chi connectivity index (χ0v) is 23.8. The second kappa shape index (κ2) is 9.78. The number of benzene rings is 1. The van der Waals surface area contributed by atoms with E-state index in [0.717, 1.165) is 9.80 Å². The fourth-order valence-electron chi connectivity index (χ4n) is 6.71. The first-order chi connectivity index (χ1) is 18.4. The highest BCUT2D eigenvalue weighted by atomic mass is 79.9. The third-order valence-corrected chi connectivity index (χ3v) is 10.3. The summed E-state index contributed by atoms with van der Waals surface area (Å²) in [5.74, 6) is -6.46. The highest BCUT2D eigenvalue weighted by Gasteiger charge is 2.76. The molecule has 2 aliphatic heterocycles. The average molecular weight is 644 g/mol. The molecule has 2 heterocycles. The van der Waals surface area contributed by atoms with E-state index in [1.165, 1.54) is 19.2 Å². The zero-order valence-electron chi connectivity index (χ0n) is 20.7. The second-order valence-electron chi connectivity index (χ2n) is 10.2. The smallest absolute Gasteiger partial charge is 0.303 e. The summed E-state index contributed by atoms with van der Waals surface area (Å²) in [5.41, 5.74) is 0.854. The largest absolute Gasteiger partial charge is 0.508 e. The van der Waals surface area contributed by atoms with Gasteiger partial charge in [0.2, 0.25) is 11.8 Å². The van der Waals surface area contributed by atoms with Crippen molar-refractivity contribution in [2.45, 2.75) is 41.3 Å². The number of carbonyl (C=O) groups is 5. The number of methoxy groups -OCH3 is 1. The number of nitrogens with zero attached hydrogens (tertiary/aromatic N) is 2. The summed E-state index contributed by atoms with van der Waals surface area (Å²) in [5, 5.41) is 19.1. The number of carboxylic acid groups (broad SMARTS) is 1. The number of halogens is 3. The zero-order chi connectivity index (χ0) is 28.4. The van der Waals surface area contributed by atoms with Crippen molar-refractivity contribution >= 4 is 68.7 Å². The number of hydrogen-bond acceptors (Lipinski definition) is 7. The number of hydrogen-bond donors (Lipinski definition) is 2. The van der Waals surface area contributed by atoms with E-state index in [2.05, 4.69) is 15.9 Å². The van der Waals surface area contributed by atoms with Crippen LogP contribution in [0, 0.1) is 17.8 Å². The molecule has 0 unspecified atom stereocenters. The molecule has 0 spiro atoms. The molecule has 1 aromatic rings. The molecule has 6 atom stereocenters. The number of amides is 4. The number of imide groups is 2. The van der Waals surface area contributed by atoms with Crippen molar-refractivity contribution in [3.05, 3.63) is 35.4 Å². The minimum atomic E-state index is -1.98. The number of carboxylic acids is 1. The summed E-state index contributed by atoms with van der Waals surface area (Å²) >= 11 is 17.5. The molecular formula is C26H25BrCl2N2O8. The Morgan fingerprint density at radius 3 is 2.49 bits per heavy atom. The molecule has 39 heavy (non-hydrogen) atoms. The number of fused-ring (bicyclic) bond motifs is 4. The molecular weight excluding hydrogens is 619 g/mol. The Kier molecular flexibility index (Phi) is 7.00. The summed E-state index contributed by atoms with van der Waals surface area (Å²) in [6.07, 6.45) is 1.75. The first-order valence-corrected chi connectivity index (χ1v) is 14.2. The van der Waals surface area contributed by atoms with Crippen molar-refractivity contribution in [2.75, 3.05) is 19.1 Å². The van der Waals surface area contributed by atoms with Crippen molar-refractivity contribution in [1.29, 1.82) is 0 Å². The van der Waals surface area contributed by atoms with Crippen LogP contribution in [0.5, 0.6) is 11.5 Å². The Labute approximate surface area is 242 Å². The van der Waals surface area contributed by atoms with Gasteiger partial charge in [0.1, 0.15) is 11.5 Å². The van der Waals surface area contributed by atoms with Gasteiger partial charge in [-0.05, 0) is 31.2 Å². The van der Waals surface area contributed by atoms with Gasteiger partial charge in [-0.2, -0.15) is 0 Å². The summed E-state index contributed by atoms with van der Waals surface area (Å²) in [6.45, 7) is -0.0333. The third-order valence-electron chi connectivity index (χ3n) is 8.41. The van der Waals surface area contributed by atoms with Crippen LogP contribution in [0.15, 0.2) is 29.8 Å². The molecule has 2 N–H and O–H groups in total. The minimum absolute atomic E-state index is 0.0333. The number of likely N-dealkylation sites (tertiary alicyclic amines) is 2. The maximum atomic E-state index is 13.8. The van der Waals surface area contributed by atoms with Gasteiger partial charge in [-0.15, -0.1) is 23.2 Å². The van der Waals surface area contributed by atoms with Gasteiger partial charge in [0.05, 0.1) is 24.4 Å². The van der Waals surface area contributed by atoms with E-state index in [4.69, 9.17) is 33.0 Å². The van der Waals surface area contributed by atoms with Crippen LogP contribution >= 0.6 is 39.1 Å². The summed E-state index contributed by atoms with van der Waals surface area (Å²) in [4.78, 5) is 63.4. The Balaban J connectivity index is 1.65. The molecule has 0 radical (unpaired) electrons. The number of aliphatic carboxylic acids is 1. The van der Waals surface area contributed by atoms with Gasteiger partial charge in [-0.1, -0.05) is 33.6 Å². The predicted octanol–water partition coefficient (Wildman–Crippen LogP) is 2.98. The van der Waals surface area contributed by atoms with E-state index >= 15 is 0 Å². The molecule has 2 saturated heterocycles. The molecule has 1 saturated carbocycles. The number of aromatic hydroxyl groups is 1. The van der Waals surface area contributed by atoms with Gasteiger partial charge in [-0.25, -0.2) is 0 Å². The average Bonchev–Trinajstić information content (AvgIpc) is 3.22. The lowest BCUT2D eigenvalue weighted by molar-refractivity contribution is -0.142. The van der Waals surface area contributed by atoms with E-state index < -0.39 is 63.0 Å². The van der Waals surface area contributed by atoms with Crippen molar-refractivity contribution in [3.63, 3.8) is 0 Å². The van der Waals surface area contributed by atoms with Gasteiger partial charge < -0.3 is 14.9 Å². The fourth-order valence-corrected chi connectivity index (χ4v) is 8.13. The molecule has 3 fully saturated rings. The van der Waals surface area contributed by atoms with Gasteiger partial charge in [-0.3, -0.25) is 33.8 Å². The fraction of sp³-hybridized carbons (Fsp3) is 0.500. The monoisotopic (exact) mass is 642 g/mol. The van der Waals surface area contributed by atoms with Crippen molar-refractivity contribution in [3.8, 4) is 11.5 Å². The summed E-state index contributed by atoms with van der Waals surface area (Å²) < 4.78 is 5.52. The maximum Gasteiger partial charge on any atom is 0.303 e. The molecule has 208 valence electrons. The van der Waals surface area contributed by atoms with Crippen molar-refractivity contribution in [2.24, 2.45) is 17.8 Å². The Morgan fingerprint density at radius 1 is 1.13 bits per heavy atom. The lowest BCUT2D eigenvalue weighted by Gasteiger charge is -2.51.